The van der Waals surface area contributed by atoms with Gasteiger partial charge in [0.15, 0.2) is 17.1 Å². The summed E-state index contributed by atoms with van der Waals surface area (Å²) in [6.45, 7) is 5.88. The Morgan fingerprint density at radius 3 is 2.78 bits per heavy atom. The lowest BCUT2D eigenvalue weighted by Crippen LogP contribution is -2.49. The van der Waals surface area contributed by atoms with Gasteiger partial charge in [-0.05, 0) is 37.3 Å². The first-order valence-corrected chi connectivity index (χ1v) is 9.15. The Balaban J connectivity index is 1.56. The van der Waals surface area contributed by atoms with Crippen molar-refractivity contribution in [3.63, 3.8) is 0 Å². The van der Waals surface area contributed by atoms with Gasteiger partial charge in [-0.3, -0.25) is 4.98 Å². The van der Waals surface area contributed by atoms with Crippen LogP contribution in [-0.2, 0) is 0 Å². The lowest BCUT2D eigenvalue weighted by atomic mass is 10.0. The molecule has 0 saturated carbocycles. The first-order chi connectivity index (χ1) is 13.2. The summed E-state index contributed by atoms with van der Waals surface area (Å²) in [6.07, 6.45) is 1.84. The van der Waals surface area contributed by atoms with Gasteiger partial charge >= 0.3 is 0 Å². The number of aryl methyl sites for hydroxylation is 1. The zero-order chi connectivity index (χ0) is 18.4. The Kier molecular flexibility index (Phi) is 3.84. The van der Waals surface area contributed by atoms with Crippen LogP contribution in [0.3, 0.4) is 0 Å². The van der Waals surface area contributed by atoms with Gasteiger partial charge in [0, 0.05) is 31.6 Å². The molecule has 4 aromatic rings. The van der Waals surface area contributed by atoms with Crippen LogP contribution >= 0.6 is 0 Å². The van der Waals surface area contributed by atoms with Crippen molar-refractivity contribution in [3.05, 3.63) is 48.1 Å². The van der Waals surface area contributed by atoms with E-state index < -0.39 is 0 Å². The Bertz CT molecular complexity index is 1140. The summed E-state index contributed by atoms with van der Waals surface area (Å²) in [5, 5.41) is 6.98. The van der Waals surface area contributed by atoms with E-state index in [2.05, 4.69) is 27.5 Å². The van der Waals surface area contributed by atoms with Gasteiger partial charge in [-0.15, -0.1) is 0 Å². The van der Waals surface area contributed by atoms with E-state index in [0.717, 1.165) is 46.7 Å². The molecule has 3 aromatic heterocycles. The molecule has 0 radical (unpaired) electrons. The first kappa shape index (κ1) is 16.3. The first-order valence-electron chi connectivity index (χ1n) is 9.15. The van der Waals surface area contributed by atoms with Gasteiger partial charge in [-0.25, -0.2) is 15.0 Å². The van der Waals surface area contributed by atoms with Crippen molar-refractivity contribution in [1.29, 1.82) is 0 Å². The second kappa shape index (κ2) is 6.37. The standard InChI is InChI=1S/C20H20N6O/c1-11-19(22-8-7-21-11)17-10-23-15-5-4-14(25-20(15)26-17)13-3-6-18-16(9-13)24-12(2)27-18/h3-6,9-11,19,21-22H,7-8H2,1-2H3/t11-,19?/m0/s1. The summed E-state index contributed by atoms with van der Waals surface area (Å²) in [4.78, 5) is 18.5. The second-order valence-electron chi connectivity index (χ2n) is 6.92. The Labute approximate surface area is 156 Å². The molecule has 1 aliphatic rings. The van der Waals surface area contributed by atoms with Crippen LogP contribution in [0.4, 0.5) is 0 Å². The van der Waals surface area contributed by atoms with Crippen LogP contribution in [0, 0.1) is 6.92 Å². The highest BCUT2D eigenvalue weighted by Crippen LogP contribution is 2.25. The zero-order valence-corrected chi connectivity index (χ0v) is 15.2. The molecule has 0 aliphatic carbocycles. The number of hydrogen-bond donors (Lipinski definition) is 2. The van der Waals surface area contributed by atoms with Gasteiger partial charge in [0.05, 0.1) is 23.6 Å². The molecule has 1 aliphatic heterocycles. The summed E-state index contributed by atoms with van der Waals surface area (Å²) in [6, 6.07) is 10.3. The maximum Gasteiger partial charge on any atom is 0.192 e. The Hall–Kier alpha value is -2.90. The van der Waals surface area contributed by atoms with Crippen molar-refractivity contribution in [3.8, 4) is 11.3 Å². The molecular weight excluding hydrogens is 340 g/mol. The number of fused-ring (bicyclic) bond motifs is 2. The van der Waals surface area contributed by atoms with Crippen LogP contribution in [0.1, 0.15) is 24.6 Å². The van der Waals surface area contributed by atoms with Crippen LogP contribution in [0.5, 0.6) is 0 Å². The summed E-state index contributed by atoms with van der Waals surface area (Å²) in [7, 11) is 0. The minimum atomic E-state index is 0.135. The quantitative estimate of drug-likeness (QED) is 0.568. The third kappa shape index (κ3) is 2.94. The summed E-state index contributed by atoms with van der Waals surface area (Å²) >= 11 is 0. The van der Waals surface area contributed by atoms with Crippen LogP contribution < -0.4 is 10.6 Å². The average Bonchev–Trinajstić information content (AvgIpc) is 3.06. The van der Waals surface area contributed by atoms with Gasteiger partial charge in [-0.1, -0.05) is 0 Å². The second-order valence-corrected chi connectivity index (χ2v) is 6.92. The number of rotatable bonds is 2. The topological polar surface area (TPSA) is 88.8 Å². The van der Waals surface area contributed by atoms with E-state index in [9.17, 15) is 0 Å². The van der Waals surface area contributed by atoms with Crippen LogP contribution in [0.25, 0.3) is 33.5 Å². The van der Waals surface area contributed by atoms with Crippen LogP contribution in [0.15, 0.2) is 40.9 Å². The number of pyridine rings is 1. The summed E-state index contributed by atoms with van der Waals surface area (Å²) < 4.78 is 5.56. The minimum Gasteiger partial charge on any atom is -0.441 e. The van der Waals surface area contributed by atoms with E-state index in [4.69, 9.17) is 14.4 Å². The maximum absolute atomic E-state index is 5.56. The van der Waals surface area contributed by atoms with E-state index in [1.807, 2.05) is 43.5 Å². The van der Waals surface area contributed by atoms with E-state index >= 15 is 0 Å². The van der Waals surface area contributed by atoms with Gasteiger partial charge < -0.3 is 15.1 Å². The fourth-order valence-electron chi connectivity index (χ4n) is 3.61. The minimum absolute atomic E-state index is 0.135. The molecule has 2 atom stereocenters. The molecule has 4 heterocycles. The smallest absolute Gasteiger partial charge is 0.192 e. The lowest BCUT2D eigenvalue weighted by Gasteiger charge is -2.30. The third-order valence-electron chi connectivity index (χ3n) is 4.99. The molecule has 2 N–H and O–H groups in total. The van der Waals surface area contributed by atoms with E-state index in [1.54, 1.807) is 0 Å². The van der Waals surface area contributed by atoms with Crippen molar-refractivity contribution in [2.24, 2.45) is 0 Å². The molecule has 136 valence electrons. The lowest BCUT2D eigenvalue weighted by molar-refractivity contribution is 0.340. The number of oxazole rings is 1. The number of aromatic nitrogens is 4. The van der Waals surface area contributed by atoms with Crippen molar-refractivity contribution in [1.82, 2.24) is 30.6 Å². The highest BCUT2D eigenvalue weighted by atomic mass is 16.3. The molecule has 7 heteroatoms. The maximum atomic E-state index is 5.56. The molecule has 5 rings (SSSR count). The van der Waals surface area contributed by atoms with Crippen molar-refractivity contribution >= 4 is 22.3 Å². The predicted octanol–water partition coefficient (Wildman–Crippen LogP) is 2.76. The van der Waals surface area contributed by atoms with E-state index in [-0.39, 0.29) is 6.04 Å². The molecule has 0 amide bonds. The van der Waals surface area contributed by atoms with Gasteiger partial charge in [-0.2, -0.15) is 0 Å². The number of hydrogen-bond acceptors (Lipinski definition) is 7. The highest BCUT2D eigenvalue weighted by molar-refractivity contribution is 5.81. The molecule has 1 unspecified atom stereocenters. The van der Waals surface area contributed by atoms with Crippen molar-refractivity contribution < 1.29 is 4.42 Å². The van der Waals surface area contributed by atoms with Gasteiger partial charge in [0.1, 0.15) is 11.0 Å². The largest absolute Gasteiger partial charge is 0.441 e. The van der Waals surface area contributed by atoms with Gasteiger partial charge in [0.25, 0.3) is 0 Å². The van der Waals surface area contributed by atoms with Crippen LogP contribution in [0.2, 0.25) is 0 Å². The zero-order valence-electron chi connectivity index (χ0n) is 15.2. The fraction of sp³-hybridized carbons (Fsp3) is 0.300. The van der Waals surface area contributed by atoms with Crippen molar-refractivity contribution in [2.45, 2.75) is 25.9 Å². The molecule has 27 heavy (non-hydrogen) atoms. The summed E-state index contributed by atoms with van der Waals surface area (Å²) in [5.74, 6) is 0.659. The molecular formula is C20H20N6O. The van der Waals surface area contributed by atoms with E-state index in [0.29, 0.717) is 17.6 Å². The molecule has 0 spiro atoms. The Morgan fingerprint density at radius 1 is 1.00 bits per heavy atom. The molecule has 1 saturated heterocycles. The molecule has 1 fully saturated rings. The Morgan fingerprint density at radius 2 is 1.89 bits per heavy atom. The SMILES string of the molecule is Cc1nc2cc(-c3ccc4ncc(C5NCCN[C@H]5C)nc4n3)ccc2o1. The number of nitrogens with zero attached hydrogens (tertiary/aromatic N) is 4. The summed E-state index contributed by atoms with van der Waals surface area (Å²) in [5.41, 5.74) is 5.80. The number of benzene rings is 1. The predicted molar refractivity (Wildman–Crippen MR) is 103 cm³/mol. The number of piperazine rings is 1. The van der Waals surface area contributed by atoms with E-state index in [1.165, 1.54) is 0 Å². The van der Waals surface area contributed by atoms with Gasteiger partial charge in [0.2, 0.25) is 0 Å². The fourth-order valence-corrected chi connectivity index (χ4v) is 3.61. The van der Waals surface area contributed by atoms with Crippen molar-refractivity contribution in [2.75, 3.05) is 13.1 Å². The molecule has 7 nitrogen and oxygen atoms in total. The average molecular weight is 360 g/mol. The third-order valence-corrected chi connectivity index (χ3v) is 4.99. The normalized spacial score (nSPS) is 20.4. The van der Waals surface area contributed by atoms with Crippen LogP contribution in [-0.4, -0.2) is 39.1 Å². The highest BCUT2D eigenvalue weighted by Gasteiger charge is 2.23. The molecule has 1 aromatic carbocycles. The molecule has 0 bridgehead atoms. The monoisotopic (exact) mass is 360 g/mol. The number of nitrogens with one attached hydrogen (secondary N) is 2.